The lowest BCUT2D eigenvalue weighted by Gasteiger charge is -2.34. The number of rotatable bonds is 22. The first-order chi connectivity index (χ1) is 49.0. The van der Waals surface area contributed by atoms with Crippen LogP contribution in [-0.4, -0.2) is 176 Å². The Morgan fingerprint density at radius 1 is 0.641 bits per heavy atom. The first-order valence-electron chi connectivity index (χ1n) is 33.9. The van der Waals surface area contributed by atoms with Crippen molar-refractivity contribution in [1.29, 1.82) is 5.26 Å². The molecule has 12 rings (SSSR count). The second-order valence-corrected chi connectivity index (χ2v) is 29.0. The number of nitrogens with zero attached hydrogens (tertiary/aromatic N) is 6. The smallest absolute Gasteiger partial charge is 0.271 e. The number of aromatic nitrogens is 4. The van der Waals surface area contributed by atoms with Crippen molar-refractivity contribution >= 4 is 102 Å². The van der Waals surface area contributed by atoms with Crippen molar-refractivity contribution in [2.75, 3.05) is 84.8 Å². The van der Waals surface area contributed by atoms with E-state index in [0.717, 1.165) is 102 Å². The van der Waals surface area contributed by atoms with Crippen LogP contribution in [0.2, 0.25) is 20.1 Å². The number of hydrogen-bond donors (Lipinski definition) is 6. The van der Waals surface area contributed by atoms with Crippen molar-refractivity contribution in [2.45, 2.75) is 88.6 Å². The molecule has 0 bridgehead atoms. The highest BCUT2D eigenvalue weighted by Gasteiger charge is 2.27. The number of aromatic amines is 2. The SMILES string of the molecule is C[C@H](CNC(=O)c1c[nH]c(=O)c2ccccc12)CN1CCC(Oc2ccc(C#N)cc2)CC1.Cc1c(Cl)ccc(OC2CCN(C[C@H](C)CNC(=O)c3c[nH]c(=O)c4ccc(S(C)=O)cc34)CC2)c1Cl.O.O=C(NC[C@@H](O)CN1CCC(Oc2ccc(Cl)c(Cl)c2)CC1)c1cn2cc(F)ccc2n1.[HH].[HH].[HH].[HH].[HH]. The number of nitriles is 1. The number of nitrogens with one attached hydrogen (secondary N) is 5. The second kappa shape index (κ2) is 37.3. The van der Waals surface area contributed by atoms with E-state index in [2.05, 4.69) is 65.5 Å². The number of aliphatic hydroxyl groups excluding tert-OH is 1. The number of benzene rings is 5. The number of carbonyl (C=O) groups is 3. The van der Waals surface area contributed by atoms with Gasteiger partial charge in [-0.2, -0.15) is 5.26 Å². The third kappa shape index (κ3) is 21.8. The molecule has 3 aliphatic rings. The van der Waals surface area contributed by atoms with Crippen LogP contribution in [-0.2, 0) is 10.8 Å². The van der Waals surface area contributed by atoms with Gasteiger partial charge < -0.3 is 69.8 Å². The summed E-state index contributed by atoms with van der Waals surface area (Å²) in [5, 5.41) is 32.2. The summed E-state index contributed by atoms with van der Waals surface area (Å²) in [7, 11) is -1.22. The lowest BCUT2D eigenvalue weighted by molar-refractivity contribution is 0.0593. The monoisotopic (exact) mass is 1520 g/mol. The number of amides is 3. The number of H-pyrrole nitrogens is 2. The van der Waals surface area contributed by atoms with Crippen LogP contribution < -0.4 is 41.3 Å². The Morgan fingerprint density at radius 2 is 1.16 bits per heavy atom. The van der Waals surface area contributed by atoms with Gasteiger partial charge in [0.25, 0.3) is 28.8 Å². The van der Waals surface area contributed by atoms with Gasteiger partial charge in [0.15, 0.2) is 0 Å². The Bertz CT molecular complexity index is 4640. The van der Waals surface area contributed by atoms with Gasteiger partial charge in [0.05, 0.1) is 43.9 Å². The molecule has 0 spiro atoms. The fraction of sp³-hybridized carbons (Fsp3) is 0.373. The van der Waals surface area contributed by atoms with Crippen LogP contribution >= 0.6 is 46.4 Å². The van der Waals surface area contributed by atoms with Crippen molar-refractivity contribution in [3.63, 3.8) is 0 Å². The third-order valence-electron chi connectivity index (χ3n) is 18.1. The summed E-state index contributed by atoms with van der Waals surface area (Å²) in [6, 6.07) is 33.1. The zero-order valence-corrected chi connectivity index (χ0v) is 61.3. The highest BCUT2D eigenvalue weighted by atomic mass is 35.5. The molecule has 0 saturated carbocycles. The van der Waals surface area contributed by atoms with Gasteiger partial charge in [-0.25, -0.2) is 9.37 Å². The minimum atomic E-state index is -1.22. The van der Waals surface area contributed by atoms with Gasteiger partial charge in [-0.15, -0.1) is 0 Å². The highest BCUT2D eigenvalue weighted by molar-refractivity contribution is 7.84. The van der Waals surface area contributed by atoms with Crippen LogP contribution in [0.4, 0.5) is 4.39 Å². The molecule has 7 heterocycles. The normalized spacial score (nSPS) is 16.0. The van der Waals surface area contributed by atoms with Crippen molar-refractivity contribution in [2.24, 2.45) is 11.8 Å². The van der Waals surface area contributed by atoms with E-state index in [0.29, 0.717) is 106 Å². The molecule has 9 aromatic rings. The summed E-state index contributed by atoms with van der Waals surface area (Å²) in [4.78, 5) is 79.2. The molecule has 3 fully saturated rings. The minimum Gasteiger partial charge on any atom is -0.490 e. The summed E-state index contributed by atoms with van der Waals surface area (Å²) in [6.07, 6.45) is 12.1. The molecule has 0 radical (unpaired) electrons. The first-order valence-corrected chi connectivity index (χ1v) is 36.9. The Hall–Kier alpha value is -8.45. The Kier molecular flexibility index (Phi) is 28.5. The van der Waals surface area contributed by atoms with Crippen molar-refractivity contribution in [3.05, 3.63) is 209 Å². The molecular formula is C75H94Cl4FN11O11S. The van der Waals surface area contributed by atoms with E-state index < -0.39 is 28.6 Å². The number of fused-ring (bicyclic) bond motifs is 3. The third-order valence-corrected chi connectivity index (χ3v) is 20.7. The molecule has 5 aromatic carbocycles. The van der Waals surface area contributed by atoms with Gasteiger partial charge in [-0.05, 0) is 148 Å². The molecule has 4 aromatic heterocycles. The van der Waals surface area contributed by atoms with E-state index in [1.807, 2.05) is 37.3 Å². The van der Waals surface area contributed by atoms with E-state index in [1.54, 1.807) is 73.0 Å². The van der Waals surface area contributed by atoms with Gasteiger partial charge in [0.1, 0.15) is 52.7 Å². The summed E-state index contributed by atoms with van der Waals surface area (Å²) >= 11 is 24.5. The summed E-state index contributed by atoms with van der Waals surface area (Å²) in [5.74, 6) is 1.41. The molecule has 3 saturated heterocycles. The molecule has 103 heavy (non-hydrogen) atoms. The number of likely N-dealkylation sites (tertiary alicyclic amines) is 3. The lowest BCUT2D eigenvalue weighted by Crippen LogP contribution is -2.45. The van der Waals surface area contributed by atoms with Crippen LogP contribution in [0.15, 0.2) is 148 Å². The maximum atomic E-state index is 13.3. The molecule has 0 aliphatic carbocycles. The second-order valence-electron chi connectivity index (χ2n) is 26.1. The summed E-state index contributed by atoms with van der Waals surface area (Å²) in [5.41, 5.74) is 2.47. The van der Waals surface area contributed by atoms with Crippen LogP contribution in [0.3, 0.4) is 0 Å². The molecule has 556 valence electrons. The number of carbonyl (C=O) groups excluding carboxylic acids is 3. The van der Waals surface area contributed by atoms with E-state index in [9.17, 15) is 37.7 Å². The number of β-amino-alcohol motifs (C(OH)–C–C–N with tert-alkyl or cyclic N) is 1. The average Bonchev–Trinajstić information content (AvgIpc) is 1.02. The number of hydrogen-bond acceptors (Lipinski definition) is 15. The lowest BCUT2D eigenvalue weighted by atomic mass is 10.0. The number of ether oxygens (including phenoxy) is 3. The number of imidazole rings is 1. The van der Waals surface area contributed by atoms with Gasteiger partial charge in [-0.3, -0.25) is 28.2 Å². The number of halogens is 5. The largest absolute Gasteiger partial charge is 0.490 e. The van der Waals surface area contributed by atoms with E-state index in [-0.39, 0.29) is 72.0 Å². The van der Waals surface area contributed by atoms with Gasteiger partial charge in [0.2, 0.25) is 0 Å². The summed E-state index contributed by atoms with van der Waals surface area (Å²) in [6.45, 7) is 14.7. The van der Waals surface area contributed by atoms with Crippen molar-refractivity contribution < 1.29 is 54.9 Å². The Labute approximate surface area is 625 Å². The fourth-order valence-corrected chi connectivity index (χ4v) is 13.8. The predicted octanol–water partition coefficient (Wildman–Crippen LogP) is 11.9. The highest BCUT2D eigenvalue weighted by Crippen LogP contribution is 2.35. The predicted molar refractivity (Wildman–Crippen MR) is 411 cm³/mol. The molecule has 22 nitrogen and oxygen atoms in total. The zero-order valence-electron chi connectivity index (χ0n) is 57.5. The Morgan fingerprint density at radius 3 is 1.73 bits per heavy atom. The molecule has 3 aliphatic heterocycles. The molecule has 8 N–H and O–H groups in total. The standard InChI is InChI=1S/C27H31Cl2N3O4S.C26H28N4O3.C22H23Cl2FN4O3.H2O.5H2/c1-16(15-32-10-8-18(9-11-32)36-24-7-6-23(28)17(2)25(24)29)13-30-27(34)22-14-31-26(33)20-5-4-19(37(3)35)12-21(20)22;1-18(15-28-26(32)24-16-29-25(31)23-5-3-2-4-22(23)24)17-30-12-10-21(11-13-30)33-20-8-6-19(14-27)7-9-20;23-18-3-2-17(9-19(18)24)32-16-5-7-28(8-6-16)12-15(30)10-26-22(31)20-13-29-11-14(25)1-4-21(29)27-20;;;;;;/h4-7,12,14,16,18H,8-11,13,15H2,1-3H3,(H,30,34)(H,31,33);2-9,16,18,21H,10-13,15,17H2,1H3,(H,28,32)(H,29,31);1-4,9,11,13,15-16,30H,5-8,10,12H2,(H,26,31);1H2;5*1H/t16-,37?;18-;15-;;;;;;/m111....../s1. The quantitative estimate of drug-likeness (QED) is 0.0368. The number of piperidine rings is 3. The van der Waals surface area contributed by atoms with Crippen molar-refractivity contribution in [1.82, 2.24) is 50.0 Å². The van der Waals surface area contributed by atoms with Crippen LogP contribution in [0.1, 0.15) is 102 Å². The van der Waals surface area contributed by atoms with Gasteiger partial charge in [-0.1, -0.05) is 78.5 Å². The minimum absolute atomic E-state index is 0. The first kappa shape index (κ1) is 78.7. The van der Waals surface area contributed by atoms with Gasteiger partial charge >= 0.3 is 0 Å². The average molecular weight is 1520 g/mol. The molecule has 4 atom stereocenters. The van der Waals surface area contributed by atoms with E-state index in [1.165, 1.54) is 41.3 Å². The van der Waals surface area contributed by atoms with E-state index in [4.69, 9.17) is 65.9 Å². The van der Waals surface area contributed by atoms with E-state index >= 15 is 0 Å². The van der Waals surface area contributed by atoms with Crippen LogP contribution in [0.5, 0.6) is 17.2 Å². The number of pyridine rings is 3. The maximum absolute atomic E-state index is 13.3. The Balaban J connectivity index is 0.000000334. The molecule has 28 heteroatoms. The molecule has 3 amide bonds. The molecular weight excluding hydrogens is 1420 g/mol. The topological polar surface area (TPSA) is 300 Å². The maximum Gasteiger partial charge on any atom is 0.271 e. The van der Waals surface area contributed by atoms with Crippen molar-refractivity contribution in [3.8, 4) is 23.3 Å². The fourth-order valence-electron chi connectivity index (χ4n) is 12.6. The zero-order chi connectivity index (χ0) is 72.6. The summed E-state index contributed by atoms with van der Waals surface area (Å²) < 4.78 is 44.8. The van der Waals surface area contributed by atoms with Crippen LogP contribution in [0.25, 0.3) is 27.2 Å². The van der Waals surface area contributed by atoms with Gasteiger partial charge in [0, 0.05) is 165 Å². The molecule has 1 unspecified atom stereocenters. The number of aliphatic hydroxyl groups is 1. The van der Waals surface area contributed by atoms with Crippen LogP contribution in [0, 0.1) is 35.9 Å².